The summed E-state index contributed by atoms with van der Waals surface area (Å²) in [6.07, 6.45) is -0.453. The maximum absolute atomic E-state index is 12.2. The number of rotatable bonds is 8. The highest BCUT2D eigenvalue weighted by molar-refractivity contribution is 5.70. The van der Waals surface area contributed by atoms with Crippen molar-refractivity contribution < 1.29 is 28.7 Å². The van der Waals surface area contributed by atoms with Crippen LogP contribution in [-0.4, -0.2) is 51.9 Å². The first kappa shape index (κ1) is 22.3. The molecule has 1 fully saturated rings. The van der Waals surface area contributed by atoms with Gasteiger partial charge >= 0.3 is 12.1 Å². The maximum Gasteiger partial charge on any atom is 0.409 e. The van der Waals surface area contributed by atoms with E-state index in [1.54, 1.807) is 11.8 Å². The van der Waals surface area contributed by atoms with Gasteiger partial charge in [0.25, 0.3) is 5.89 Å². The smallest absolute Gasteiger partial charge is 0.409 e. The SMILES string of the molecule is CCOC(=O)N1C[C@H](CC(=O)O)[C@H](c2cccc(OCc3noc(-c4ccccc4)n3)c2)C1. The Labute approximate surface area is 190 Å². The van der Waals surface area contributed by atoms with E-state index >= 15 is 0 Å². The average molecular weight is 451 g/mol. The molecule has 2 aromatic carbocycles. The van der Waals surface area contributed by atoms with Crippen LogP contribution in [0, 0.1) is 5.92 Å². The largest absolute Gasteiger partial charge is 0.485 e. The molecular weight excluding hydrogens is 426 g/mol. The number of hydrogen-bond donors (Lipinski definition) is 1. The number of amides is 1. The molecule has 1 aromatic heterocycles. The molecule has 2 atom stereocenters. The van der Waals surface area contributed by atoms with Gasteiger partial charge in [0.2, 0.25) is 5.82 Å². The molecule has 1 aliphatic heterocycles. The van der Waals surface area contributed by atoms with Gasteiger partial charge < -0.3 is 24.0 Å². The molecule has 2 heterocycles. The van der Waals surface area contributed by atoms with Gasteiger partial charge in [-0.25, -0.2) is 4.79 Å². The summed E-state index contributed by atoms with van der Waals surface area (Å²) >= 11 is 0. The number of nitrogens with zero attached hydrogens (tertiary/aromatic N) is 3. The number of carboxylic acids is 1. The van der Waals surface area contributed by atoms with E-state index in [-0.39, 0.29) is 31.5 Å². The fourth-order valence-electron chi connectivity index (χ4n) is 4.04. The monoisotopic (exact) mass is 451 g/mol. The van der Waals surface area contributed by atoms with Gasteiger partial charge in [0.05, 0.1) is 13.0 Å². The molecule has 1 N–H and O–H groups in total. The second-order valence-corrected chi connectivity index (χ2v) is 7.81. The van der Waals surface area contributed by atoms with Crippen LogP contribution in [0.15, 0.2) is 59.1 Å². The summed E-state index contributed by atoms with van der Waals surface area (Å²) in [5, 5.41) is 13.3. The molecule has 9 heteroatoms. The summed E-state index contributed by atoms with van der Waals surface area (Å²) in [6.45, 7) is 2.87. The zero-order valence-electron chi connectivity index (χ0n) is 18.2. The number of carboxylic acid groups (broad SMARTS) is 1. The standard InChI is InChI=1S/C24H25N3O6/c1-2-31-24(30)27-13-18(12-22(28)29)20(14-27)17-9-6-10-19(11-17)32-15-21-25-23(33-26-21)16-7-4-3-5-8-16/h3-11,18,20H,2,12-15H2,1H3,(H,28,29)/t18-,20-/m0/s1. The summed E-state index contributed by atoms with van der Waals surface area (Å²) in [5.74, 6) is 0.190. The van der Waals surface area contributed by atoms with E-state index in [1.807, 2.05) is 54.6 Å². The molecule has 0 spiro atoms. The molecule has 0 saturated carbocycles. The van der Waals surface area contributed by atoms with Gasteiger partial charge in [-0.2, -0.15) is 4.98 Å². The first-order chi connectivity index (χ1) is 16.0. The second kappa shape index (κ2) is 10.2. The van der Waals surface area contributed by atoms with E-state index in [1.165, 1.54) is 0 Å². The van der Waals surface area contributed by atoms with E-state index in [0.717, 1.165) is 11.1 Å². The van der Waals surface area contributed by atoms with Gasteiger partial charge in [-0.05, 0) is 42.7 Å². The van der Waals surface area contributed by atoms with Crippen molar-refractivity contribution >= 4 is 12.1 Å². The molecule has 4 rings (SSSR count). The average Bonchev–Trinajstić information content (AvgIpc) is 3.46. The summed E-state index contributed by atoms with van der Waals surface area (Å²) in [5.41, 5.74) is 1.73. The quantitative estimate of drug-likeness (QED) is 0.547. The molecule has 3 aromatic rings. The minimum Gasteiger partial charge on any atom is -0.485 e. The van der Waals surface area contributed by atoms with Crippen molar-refractivity contribution in [3.63, 3.8) is 0 Å². The highest BCUT2D eigenvalue weighted by Gasteiger charge is 2.38. The van der Waals surface area contributed by atoms with Gasteiger partial charge in [0, 0.05) is 24.6 Å². The number of carbonyl (C=O) groups is 2. The molecule has 33 heavy (non-hydrogen) atoms. The minimum atomic E-state index is -0.894. The molecule has 1 aliphatic rings. The predicted molar refractivity (Wildman–Crippen MR) is 118 cm³/mol. The third-order valence-electron chi connectivity index (χ3n) is 5.55. The molecule has 0 radical (unpaired) electrons. The number of aliphatic carboxylic acids is 1. The van der Waals surface area contributed by atoms with Crippen LogP contribution in [0.1, 0.15) is 30.7 Å². The Kier molecular flexibility index (Phi) is 6.87. The molecule has 9 nitrogen and oxygen atoms in total. The molecule has 0 unspecified atom stereocenters. The van der Waals surface area contributed by atoms with Gasteiger partial charge in [0.1, 0.15) is 5.75 Å². The highest BCUT2D eigenvalue weighted by atomic mass is 16.6. The van der Waals surface area contributed by atoms with Crippen LogP contribution < -0.4 is 4.74 Å². The number of benzene rings is 2. The highest BCUT2D eigenvalue weighted by Crippen LogP contribution is 2.36. The van der Waals surface area contributed by atoms with Crippen LogP contribution in [0.3, 0.4) is 0 Å². The van der Waals surface area contributed by atoms with E-state index < -0.39 is 12.1 Å². The van der Waals surface area contributed by atoms with Crippen LogP contribution in [0.5, 0.6) is 5.75 Å². The Balaban J connectivity index is 1.44. The van der Waals surface area contributed by atoms with Crippen molar-refractivity contribution in [2.75, 3.05) is 19.7 Å². The van der Waals surface area contributed by atoms with Gasteiger partial charge in [0.15, 0.2) is 6.61 Å². The molecule has 1 saturated heterocycles. The summed E-state index contributed by atoms with van der Waals surface area (Å²) in [6, 6.07) is 16.9. The lowest BCUT2D eigenvalue weighted by molar-refractivity contribution is -0.138. The number of likely N-dealkylation sites (tertiary alicyclic amines) is 1. The van der Waals surface area contributed by atoms with Crippen molar-refractivity contribution in [2.24, 2.45) is 5.92 Å². The fourth-order valence-corrected chi connectivity index (χ4v) is 4.04. The maximum atomic E-state index is 12.2. The van der Waals surface area contributed by atoms with E-state index in [9.17, 15) is 14.7 Å². The van der Waals surface area contributed by atoms with Crippen molar-refractivity contribution in [2.45, 2.75) is 25.9 Å². The van der Waals surface area contributed by atoms with E-state index in [4.69, 9.17) is 14.0 Å². The topological polar surface area (TPSA) is 115 Å². The third kappa shape index (κ3) is 5.49. The van der Waals surface area contributed by atoms with Gasteiger partial charge in [-0.1, -0.05) is 35.5 Å². The summed E-state index contributed by atoms with van der Waals surface area (Å²) in [7, 11) is 0. The van der Waals surface area contributed by atoms with Crippen LogP contribution in [0.25, 0.3) is 11.5 Å². The second-order valence-electron chi connectivity index (χ2n) is 7.81. The molecular formula is C24H25N3O6. The predicted octanol–water partition coefficient (Wildman–Crippen LogP) is 3.96. The Bertz CT molecular complexity index is 1100. The van der Waals surface area contributed by atoms with Crippen LogP contribution in [-0.2, 0) is 16.1 Å². The summed E-state index contributed by atoms with van der Waals surface area (Å²) < 4.78 is 16.3. The molecule has 1 amide bonds. The van der Waals surface area contributed by atoms with E-state index in [0.29, 0.717) is 30.6 Å². The number of ether oxygens (including phenoxy) is 2. The Hall–Kier alpha value is -3.88. The lowest BCUT2D eigenvalue weighted by Crippen LogP contribution is -2.29. The normalized spacial score (nSPS) is 17.7. The van der Waals surface area contributed by atoms with Crippen molar-refractivity contribution in [1.82, 2.24) is 15.0 Å². The Morgan fingerprint density at radius 2 is 1.97 bits per heavy atom. The molecule has 0 bridgehead atoms. The Morgan fingerprint density at radius 3 is 2.73 bits per heavy atom. The first-order valence-corrected chi connectivity index (χ1v) is 10.8. The first-order valence-electron chi connectivity index (χ1n) is 10.8. The van der Waals surface area contributed by atoms with Crippen molar-refractivity contribution in [3.05, 3.63) is 66.0 Å². The molecule has 172 valence electrons. The van der Waals surface area contributed by atoms with Gasteiger partial charge in [-0.3, -0.25) is 4.79 Å². The third-order valence-corrected chi connectivity index (χ3v) is 5.55. The van der Waals surface area contributed by atoms with Crippen LogP contribution >= 0.6 is 0 Å². The van der Waals surface area contributed by atoms with Crippen molar-refractivity contribution in [3.8, 4) is 17.2 Å². The Morgan fingerprint density at radius 1 is 1.15 bits per heavy atom. The lowest BCUT2D eigenvalue weighted by Gasteiger charge is -2.17. The van der Waals surface area contributed by atoms with E-state index in [2.05, 4.69) is 10.1 Å². The van der Waals surface area contributed by atoms with Crippen LogP contribution in [0.4, 0.5) is 4.79 Å². The zero-order chi connectivity index (χ0) is 23.2. The minimum absolute atomic E-state index is 0.0310. The van der Waals surface area contributed by atoms with Crippen LogP contribution in [0.2, 0.25) is 0 Å². The number of hydrogen-bond acceptors (Lipinski definition) is 7. The lowest BCUT2D eigenvalue weighted by atomic mass is 9.87. The number of carbonyl (C=O) groups excluding carboxylic acids is 1. The summed E-state index contributed by atoms with van der Waals surface area (Å²) in [4.78, 5) is 29.5. The zero-order valence-corrected chi connectivity index (χ0v) is 18.2. The molecule has 0 aliphatic carbocycles. The number of aromatic nitrogens is 2. The fraction of sp³-hybridized carbons (Fsp3) is 0.333. The van der Waals surface area contributed by atoms with Crippen molar-refractivity contribution in [1.29, 1.82) is 0 Å². The van der Waals surface area contributed by atoms with Gasteiger partial charge in [-0.15, -0.1) is 0 Å².